The largest absolute Gasteiger partial charge is 0.476 e. The Bertz CT molecular complexity index is 2280. The Balaban J connectivity index is 0.000000276. The number of carboxylic acid groups (broad SMARTS) is 2. The molecule has 0 aliphatic carbocycles. The topological polar surface area (TPSA) is 370 Å². The fourth-order valence-electron chi connectivity index (χ4n) is 3.60. The number of nitrogens with one attached hydrogen (secondary N) is 4. The molecule has 0 saturated heterocycles. The van der Waals surface area contributed by atoms with Crippen LogP contribution >= 0.6 is 22.7 Å². The Hall–Kier alpha value is -6.04. The number of primary amides is 1. The van der Waals surface area contributed by atoms with E-state index in [1.165, 1.54) is 23.2 Å². The molecule has 2 aromatic carbocycles. The Labute approximate surface area is 295 Å². The van der Waals surface area contributed by atoms with Crippen molar-refractivity contribution in [2.45, 2.75) is 9.79 Å². The average Bonchev–Trinajstić information content (AvgIpc) is 3.74. The second-order valence-corrected chi connectivity index (χ2v) is 14.4. The molecular weight excluding hydrogens is 757 g/mol. The molecule has 12 N–H and O–H groups in total. The number of nitriles is 1. The summed E-state index contributed by atoms with van der Waals surface area (Å²) in [6.45, 7) is -0.640. The van der Waals surface area contributed by atoms with E-state index in [9.17, 15) is 40.8 Å². The summed E-state index contributed by atoms with van der Waals surface area (Å²) in [6, 6.07) is 8.47. The number of rotatable bonds is 13. The predicted octanol–water partition coefficient (Wildman–Crippen LogP) is 0.0492. The number of benzene rings is 2. The van der Waals surface area contributed by atoms with E-state index in [2.05, 4.69) is 30.0 Å². The molecule has 0 saturated carbocycles. The summed E-state index contributed by atoms with van der Waals surface area (Å²) >= 11 is 1.59. The summed E-state index contributed by atoms with van der Waals surface area (Å²) in [7, 11) is -8.39. The molecule has 4 rings (SSSR count). The third-order valence-corrected chi connectivity index (χ3v) is 10.3. The number of hydrogen-bond acceptors (Lipinski definition) is 16. The van der Waals surface area contributed by atoms with E-state index in [0.29, 0.717) is 0 Å². The van der Waals surface area contributed by atoms with Crippen molar-refractivity contribution in [3.05, 3.63) is 69.9 Å². The van der Waals surface area contributed by atoms with Gasteiger partial charge in [-0.1, -0.05) is 0 Å². The number of nitrogens with zero attached hydrogens (tertiary/aromatic N) is 3. The van der Waals surface area contributed by atoms with Crippen molar-refractivity contribution in [2.75, 3.05) is 33.2 Å². The van der Waals surface area contributed by atoms with Gasteiger partial charge in [0.2, 0.25) is 11.8 Å². The molecule has 0 aliphatic rings. The van der Waals surface area contributed by atoms with Crippen molar-refractivity contribution in [3.8, 4) is 6.07 Å². The zero-order valence-electron chi connectivity index (χ0n) is 25.3. The van der Waals surface area contributed by atoms with Gasteiger partial charge in [-0.05, 0) is 36.4 Å². The number of aromatic nitrogens is 2. The maximum absolute atomic E-state index is 12.5. The molecular formula is C26H24N10O11S4. The van der Waals surface area contributed by atoms with E-state index in [0.717, 1.165) is 46.9 Å². The molecule has 0 atom stereocenters. The number of thiazole rings is 2. The summed E-state index contributed by atoms with van der Waals surface area (Å²) in [5.74, 6) is -4.89. The van der Waals surface area contributed by atoms with Gasteiger partial charge in [0.1, 0.15) is 16.1 Å². The number of anilines is 4. The smallest absolute Gasteiger partial charge is 0.357 e. The maximum Gasteiger partial charge on any atom is 0.357 e. The highest BCUT2D eigenvalue weighted by Crippen LogP contribution is 2.28. The molecule has 2 aromatic heterocycles. The summed E-state index contributed by atoms with van der Waals surface area (Å²) in [5.41, 5.74) is 16.8. The van der Waals surface area contributed by atoms with Crippen molar-refractivity contribution >= 4 is 93.8 Å². The molecule has 21 nitrogen and oxygen atoms in total. The summed E-state index contributed by atoms with van der Waals surface area (Å²) < 4.78 is 53.9. The molecule has 0 radical (unpaired) electrons. The van der Waals surface area contributed by atoms with Crippen LogP contribution in [0.2, 0.25) is 0 Å². The minimum absolute atomic E-state index is 0.00378. The highest BCUT2D eigenvalue weighted by Gasteiger charge is 2.24. The lowest BCUT2D eigenvalue weighted by Gasteiger charge is -2.11. The van der Waals surface area contributed by atoms with Crippen LogP contribution in [0.25, 0.3) is 0 Å². The highest BCUT2D eigenvalue weighted by molar-refractivity contribution is 7.93. The normalized spacial score (nSPS) is 10.8. The third kappa shape index (κ3) is 10.0. The van der Waals surface area contributed by atoms with E-state index in [4.69, 9.17) is 32.7 Å². The Kier molecular flexibility index (Phi) is 12.8. The van der Waals surface area contributed by atoms with Crippen LogP contribution in [0.15, 0.2) is 57.2 Å². The minimum Gasteiger partial charge on any atom is -0.476 e. The lowest BCUT2D eigenvalue weighted by atomic mass is 10.1. The molecule has 51 heavy (non-hydrogen) atoms. The van der Waals surface area contributed by atoms with E-state index in [1.54, 1.807) is 6.07 Å². The van der Waals surface area contributed by atoms with Crippen LogP contribution in [0.4, 0.5) is 21.4 Å². The van der Waals surface area contributed by atoms with Crippen molar-refractivity contribution in [1.29, 1.82) is 5.26 Å². The van der Waals surface area contributed by atoms with Crippen molar-refractivity contribution in [1.82, 2.24) is 9.97 Å². The van der Waals surface area contributed by atoms with Crippen LogP contribution in [0.1, 0.15) is 36.9 Å². The van der Waals surface area contributed by atoms with E-state index >= 15 is 0 Å². The van der Waals surface area contributed by atoms with Gasteiger partial charge in [-0.2, -0.15) is 5.26 Å². The van der Waals surface area contributed by atoms with Crippen molar-refractivity contribution < 1.29 is 51.0 Å². The van der Waals surface area contributed by atoms with E-state index < -0.39 is 61.1 Å². The van der Waals surface area contributed by atoms with Gasteiger partial charge in [-0.3, -0.25) is 23.8 Å². The van der Waals surface area contributed by atoms with Crippen LogP contribution in [0.3, 0.4) is 0 Å². The number of aromatic carboxylic acids is 2. The maximum atomic E-state index is 12.5. The predicted molar refractivity (Wildman–Crippen MR) is 181 cm³/mol. The molecule has 0 aliphatic heterocycles. The second-order valence-electron chi connectivity index (χ2n) is 9.28. The summed E-state index contributed by atoms with van der Waals surface area (Å²) in [6.07, 6.45) is 0. The first-order chi connectivity index (χ1) is 23.9. The van der Waals surface area contributed by atoms with Crippen molar-refractivity contribution in [2.24, 2.45) is 17.2 Å². The monoisotopic (exact) mass is 780 g/mol. The molecule has 0 bridgehead atoms. The van der Waals surface area contributed by atoms with Gasteiger partial charge in [-0.25, -0.2) is 36.4 Å². The van der Waals surface area contributed by atoms with Crippen LogP contribution in [0.5, 0.6) is 0 Å². The Morgan fingerprint density at radius 1 is 0.745 bits per heavy atom. The van der Waals surface area contributed by atoms with Gasteiger partial charge in [0, 0.05) is 0 Å². The van der Waals surface area contributed by atoms with E-state index in [1.807, 2.05) is 0 Å². The Morgan fingerprint density at radius 3 is 1.59 bits per heavy atom. The third-order valence-electron chi connectivity index (χ3n) is 5.90. The van der Waals surface area contributed by atoms with Crippen molar-refractivity contribution in [3.63, 3.8) is 0 Å². The van der Waals surface area contributed by atoms with Gasteiger partial charge in [0.05, 0.1) is 56.4 Å². The van der Waals surface area contributed by atoms with Gasteiger partial charge in [0.25, 0.3) is 26.0 Å². The molecule has 0 fully saturated rings. The van der Waals surface area contributed by atoms with Gasteiger partial charge in [-0.15, -0.1) is 22.7 Å². The van der Waals surface area contributed by atoms with Crippen LogP contribution in [0, 0.1) is 11.3 Å². The molecule has 2 heterocycles. The number of amides is 3. The standard InChI is InChI=1S/C13H13N5O6S2.C13H11N5O5S2/c14-4-9(19)17-8-2-1-6(3-7(8)11(15)20)26(23,24)18-12-10(13(21)22)16-5-25-12;14-4-7-3-8(1-2-9(7)17-10(19)5-15)25(22,23)18-12-11(13(20)21)16-6-24-12/h1-3,5,18H,4,14H2,(H2,15,20)(H,17,19)(H,21,22);1-3,6,18H,5,15H2,(H,17,19)(H,20,21). The lowest BCUT2D eigenvalue weighted by molar-refractivity contribution is -0.115. The number of sulfonamides is 2. The quantitative estimate of drug-likeness (QED) is 0.0865. The first kappa shape index (κ1) is 39.4. The van der Waals surface area contributed by atoms with Crippen LogP contribution < -0.4 is 37.3 Å². The zero-order chi connectivity index (χ0) is 38.1. The number of carbonyl (C=O) groups is 5. The second kappa shape index (κ2) is 16.6. The first-order valence-electron chi connectivity index (χ1n) is 13.3. The van der Waals surface area contributed by atoms with Gasteiger partial charge >= 0.3 is 11.9 Å². The lowest BCUT2D eigenvalue weighted by Crippen LogP contribution is -2.24. The SMILES string of the molecule is N#Cc1cc(S(=O)(=O)Nc2scnc2C(=O)O)ccc1NC(=O)CN.NCC(=O)Nc1ccc(S(=O)(=O)Nc2scnc2C(=O)O)cc1C(N)=O. The Morgan fingerprint density at radius 2 is 1.18 bits per heavy atom. The molecule has 268 valence electrons. The molecule has 4 aromatic rings. The number of carbonyl (C=O) groups excluding carboxylic acids is 3. The molecule has 3 amide bonds. The fourth-order valence-corrected chi connectivity index (χ4v) is 7.63. The minimum atomic E-state index is -4.23. The fraction of sp³-hybridized carbons (Fsp3) is 0.0769. The highest BCUT2D eigenvalue weighted by atomic mass is 32.2. The average molecular weight is 781 g/mol. The van der Waals surface area contributed by atoms with Gasteiger partial charge < -0.3 is 38.0 Å². The summed E-state index contributed by atoms with van der Waals surface area (Å²) in [4.78, 5) is 62.7. The molecule has 0 unspecified atom stereocenters. The number of nitrogens with two attached hydrogens (primary N) is 3. The molecule has 25 heteroatoms. The number of hydrogen-bond donors (Lipinski definition) is 9. The van der Waals surface area contributed by atoms with Crippen LogP contribution in [-0.4, -0.2) is 79.8 Å². The molecule has 0 spiro atoms. The number of carboxylic acids is 2. The van der Waals surface area contributed by atoms with Gasteiger partial charge in [0.15, 0.2) is 11.4 Å². The van der Waals surface area contributed by atoms with E-state index in [-0.39, 0.29) is 55.4 Å². The first-order valence-corrected chi connectivity index (χ1v) is 18.0. The summed E-state index contributed by atoms with van der Waals surface area (Å²) in [5, 5.41) is 31.4. The van der Waals surface area contributed by atoms with Crippen LogP contribution in [-0.2, 0) is 29.6 Å². The zero-order valence-corrected chi connectivity index (χ0v) is 28.6.